The lowest BCUT2D eigenvalue weighted by atomic mass is 9.94. The molecule has 0 bridgehead atoms. The van der Waals surface area contributed by atoms with E-state index in [0.717, 1.165) is 19.1 Å². The molecule has 0 spiro atoms. The van der Waals surface area contributed by atoms with Crippen LogP contribution in [0.15, 0.2) is 35.2 Å². The predicted octanol–water partition coefficient (Wildman–Crippen LogP) is 1.98. The molecule has 1 aliphatic rings. The molecule has 0 aliphatic carbocycles. The number of carboxylic acid groups (broad SMARTS) is 1. The summed E-state index contributed by atoms with van der Waals surface area (Å²) in [6.07, 6.45) is 4.48. The SMILES string of the molecule is CS(=O)(=O)c1ccc(C(=CC2CCOCC2)C(=O)O)cc1. The van der Waals surface area contributed by atoms with Crippen LogP contribution in [0, 0.1) is 5.92 Å². The molecule has 1 N–H and O–H groups in total. The summed E-state index contributed by atoms with van der Waals surface area (Å²) in [6.45, 7) is 1.28. The first-order chi connectivity index (χ1) is 9.88. The molecule has 1 aliphatic heterocycles. The number of aliphatic carboxylic acids is 1. The quantitative estimate of drug-likeness (QED) is 0.860. The standard InChI is InChI=1S/C15H18O5S/c1-21(18,19)13-4-2-12(3-5-13)14(15(16)17)10-11-6-8-20-9-7-11/h2-5,10-11H,6-9H2,1H3,(H,16,17). The second kappa shape index (κ2) is 6.41. The van der Waals surface area contributed by atoms with Gasteiger partial charge in [-0.2, -0.15) is 0 Å². The highest BCUT2D eigenvalue weighted by atomic mass is 32.2. The van der Waals surface area contributed by atoms with E-state index in [1.54, 1.807) is 6.08 Å². The zero-order valence-electron chi connectivity index (χ0n) is 11.8. The fraction of sp³-hybridized carbons (Fsp3) is 0.400. The summed E-state index contributed by atoms with van der Waals surface area (Å²) in [5, 5.41) is 9.37. The van der Waals surface area contributed by atoms with Gasteiger partial charge in [-0.15, -0.1) is 0 Å². The van der Waals surface area contributed by atoms with Gasteiger partial charge in [-0.1, -0.05) is 18.2 Å². The largest absolute Gasteiger partial charge is 0.478 e. The molecule has 0 atom stereocenters. The highest BCUT2D eigenvalue weighted by Gasteiger charge is 2.17. The normalized spacial score (nSPS) is 17.7. The maximum Gasteiger partial charge on any atom is 0.335 e. The van der Waals surface area contributed by atoms with Gasteiger partial charge < -0.3 is 9.84 Å². The lowest BCUT2D eigenvalue weighted by Gasteiger charge is -2.19. The van der Waals surface area contributed by atoms with E-state index in [1.807, 2.05) is 0 Å². The van der Waals surface area contributed by atoms with Gasteiger partial charge in [0.05, 0.1) is 10.5 Å². The van der Waals surface area contributed by atoms with Crippen molar-refractivity contribution in [2.75, 3.05) is 19.5 Å². The van der Waals surface area contributed by atoms with E-state index < -0.39 is 15.8 Å². The van der Waals surface area contributed by atoms with Crippen LogP contribution in [0.5, 0.6) is 0 Å². The fourth-order valence-electron chi connectivity index (χ4n) is 2.29. The molecule has 1 aromatic carbocycles. The Labute approximate surface area is 124 Å². The Kier molecular flexibility index (Phi) is 4.80. The molecule has 2 rings (SSSR count). The Bertz CT molecular complexity index is 637. The van der Waals surface area contributed by atoms with Gasteiger partial charge >= 0.3 is 5.97 Å². The van der Waals surface area contributed by atoms with Gasteiger partial charge in [-0.25, -0.2) is 13.2 Å². The minimum Gasteiger partial charge on any atom is -0.478 e. The molecule has 0 amide bonds. The van der Waals surface area contributed by atoms with Gasteiger partial charge in [0.1, 0.15) is 0 Å². The first-order valence-corrected chi connectivity index (χ1v) is 8.60. The van der Waals surface area contributed by atoms with Crippen molar-refractivity contribution in [3.63, 3.8) is 0 Å². The number of benzene rings is 1. The van der Waals surface area contributed by atoms with Crippen molar-refractivity contribution in [2.45, 2.75) is 17.7 Å². The number of hydrogen-bond donors (Lipinski definition) is 1. The highest BCUT2D eigenvalue weighted by molar-refractivity contribution is 7.90. The molecular formula is C15H18O5S. The molecule has 114 valence electrons. The van der Waals surface area contributed by atoms with Crippen LogP contribution in [0.2, 0.25) is 0 Å². The van der Waals surface area contributed by atoms with Crippen molar-refractivity contribution in [3.8, 4) is 0 Å². The van der Waals surface area contributed by atoms with Gasteiger partial charge in [-0.3, -0.25) is 0 Å². The molecule has 0 aromatic heterocycles. The minimum absolute atomic E-state index is 0.180. The molecule has 21 heavy (non-hydrogen) atoms. The topological polar surface area (TPSA) is 80.7 Å². The smallest absolute Gasteiger partial charge is 0.335 e. The van der Waals surface area contributed by atoms with Gasteiger partial charge in [0.2, 0.25) is 0 Å². The monoisotopic (exact) mass is 310 g/mol. The van der Waals surface area contributed by atoms with Crippen molar-refractivity contribution < 1.29 is 23.1 Å². The van der Waals surface area contributed by atoms with E-state index in [0.29, 0.717) is 18.8 Å². The zero-order chi connectivity index (χ0) is 15.5. The number of sulfone groups is 1. The molecule has 1 heterocycles. The van der Waals surface area contributed by atoms with Crippen LogP contribution >= 0.6 is 0 Å². The first-order valence-electron chi connectivity index (χ1n) is 6.71. The molecule has 6 heteroatoms. The Balaban J connectivity index is 2.30. The maximum atomic E-state index is 11.4. The average molecular weight is 310 g/mol. The van der Waals surface area contributed by atoms with Crippen LogP contribution in [0.1, 0.15) is 18.4 Å². The second-order valence-corrected chi connectivity index (χ2v) is 7.15. The Morgan fingerprint density at radius 3 is 2.29 bits per heavy atom. The molecule has 0 unspecified atom stereocenters. The highest BCUT2D eigenvalue weighted by Crippen LogP contribution is 2.24. The Morgan fingerprint density at radius 2 is 1.81 bits per heavy atom. The summed E-state index contributed by atoms with van der Waals surface area (Å²) in [6, 6.07) is 5.95. The first kappa shape index (κ1) is 15.7. The number of carboxylic acids is 1. The van der Waals surface area contributed by atoms with Gasteiger partial charge in [-0.05, 0) is 36.5 Å². The molecule has 1 aromatic rings. The number of ether oxygens (including phenoxy) is 1. The summed E-state index contributed by atoms with van der Waals surface area (Å²) in [5.74, 6) is -0.826. The summed E-state index contributed by atoms with van der Waals surface area (Å²) in [5.41, 5.74) is 0.725. The maximum absolute atomic E-state index is 11.4. The van der Waals surface area contributed by atoms with Crippen LogP contribution in [-0.2, 0) is 19.4 Å². The molecule has 5 nitrogen and oxygen atoms in total. The van der Waals surface area contributed by atoms with Crippen LogP contribution in [-0.4, -0.2) is 39.0 Å². The Hall–Kier alpha value is -1.66. The van der Waals surface area contributed by atoms with Crippen molar-refractivity contribution in [3.05, 3.63) is 35.9 Å². The van der Waals surface area contributed by atoms with E-state index in [1.165, 1.54) is 24.3 Å². The van der Waals surface area contributed by atoms with Crippen molar-refractivity contribution in [2.24, 2.45) is 5.92 Å². The lowest BCUT2D eigenvalue weighted by Crippen LogP contribution is -2.15. The van der Waals surface area contributed by atoms with Crippen molar-refractivity contribution >= 4 is 21.4 Å². The Morgan fingerprint density at radius 1 is 1.24 bits per heavy atom. The van der Waals surface area contributed by atoms with E-state index in [4.69, 9.17) is 4.74 Å². The van der Waals surface area contributed by atoms with Gasteiger partial charge in [0, 0.05) is 19.5 Å². The number of carbonyl (C=O) groups is 1. The van der Waals surface area contributed by atoms with Crippen LogP contribution in [0.25, 0.3) is 5.57 Å². The number of hydrogen-bond acceptors (Lipinski definition) is 4. The third kappa shape index (κ3) is 4.15. The summed E-state index contributed by atoms with van der Waals surface area (Å²) < 4.78 is 28.1. The zero-order valence-corrected chi connectivity index (χ0v) is 12.6. The van der Waals surface area contributed by atoms with E-state index in [9.17, 15) is 18.3 Å². The van der Waals surface area contributed by atoms with E-state index >= 15 is 0 Å². The molecule has 1 saturated heterocycles. The van der Waals surface area contributed by atoms with Gasteiger partial charge in [0.25, 0.3) is 0 Å². The average Bonchev–Trinajstić information content (AvgIpc) is 2.45. The molecule has 0 radical (unpaired) electrons. The van der Waals surface area contributed by atoms with E-state index in [2.05, 4.69) is 0 Å². The number of rotatable bonds is 4. The lowest BCUT2D eigenvalue weighted by molar-refractivity contribution is -0.130. The van der Waals surface area contributed by atoms with Gasteiger partial charge in [0.15, 0.2) is 9.84 Å². The van der Waals surface area contributed by atoms with Crippen molar-refractivity contribution in [1.29, 1.82) is 0 Å². The number of allylic oxidation sites excluding steroid dienone is 1. The summed E-state index contributed by atoms with van der Waals surface area (Å²) >= 11 is 0. The third-order valence-corrected chi connectivity index (χ3v) is 4.62. The van der Waals surface area contributed by atoms with E-state index in [-0.39, 0.29) is 16.4 Å². The van der Waals surface area contributed by atoms with Crippen LogP contribution < -0.4 is 0 Å². The minimum atomic E-state index is -3.28. The summed E-state index contributed by atoms with van der Waals surface area (Å²) in [7, 11) is -3.28. The second-order valence-electron chi connectivity index (χ2n) is 5.13. The third-order valence-electron chi connectivity index (χ3n) is 3.49. The molecule has 1 fully saturated rings. The predicted molar refractivity (Wildman–Crippen MR) is 78.7 cm³/mol. The fourth-order valence-corrected chi connectivity index (χ4v) is 2.92. The molecule has 0 saturated carbocycles. The molecular weight excluding hydrogens is 292 g/mol. The van der Waals surface area contributed by atoms with Crippen molar-refractivity contribution in [1.82, 2.24) is 0 Å². The van der Waals surface area contributed by atoms with Crippen LogP contribution in [0.3, 0.4) is 0 Å². The van der Waals surface area contributed by atoms with Crippen LogP contribution in [0.4, 0.5) is 0 Å². The summed E-state index contributed by atoms with van der Waals surface area (Å²) in [4.78, 5) is 11.6.